The quantitative estimate of drug-likeness (QED) is 0.357. The zero-order valence-electron chi connectivity index (χ0n) is 20.2. The van der Waals surface area contributed by atoms with E-state index in [4.69, 9.17) is 21.1 Å². The number of carbonyl (C=O) groups excluding carboxylic acids is 1. The monoisotopic (exact) mass is 507 g/mol. The van der Waals surface area contributed by atoms with E-state index in [0.29, 0.717) is 23.9 Å². The molecular weight excluding hydrogens is 474 g/mol. The zero-order valence-corrected chi connectivity index (χ0v) is 21.8. The minimum atomic E-state index is -3.63. The van der Waals surface area contributed by atoms with Crippen molar-refractivity contribution in [3.8, 4) is 5.75 Å². The summed E-state index contributed by atoms with van der Waals surface area (Å²) in [5.41, 5.74) is 1.09. The number of unbranched alkanes of at least 4 members (excludes halogenated alkanes) is 1. The first kappa shape index (κ1) is 26.4. The van der Waals surface area contributed by atoms with Crippen molar-refractivity contribution in [2.24, 2.45) is 5.41 Å². The van der Waals surface area contributed by atoms with Crippen molar-refractivity contribution in [1.82, 2.24) is 0 Å². The molecule has 3 rings (SSSR count). The van der Waals surface area contributed by atoms with Gasteiger partial charge in [-0.25, -0.2) is 8.42 Å². The van der Waals surface area contributed by atoms with Crippen LogP contribution in [0.1, 0.15) is 52.9 Å². The van der Waals surface area contributed by atoms with Crippen molar-refractivity contribution in [3.05, 3.63) is 47.5 Å². The van der Waals surface area contributed by atoms with Crippen molar-refractivity contribution < 1.29 is 22.7 Å². The number of rotatable bonds is 10. The minimum Gasteiger partial charge on any atom is -0.491 e. The van der Waals surface area contributed by atoms with Gasteiger partial charge in [0.2, 0.25) is 0 Å². The fraction of sp³-hybridized carbons (Fsp3) is 0.500. The molecule has 1 heterocycles. The molecule has 0 bridgehead atoms. The standard InChI is InChI=1S/C26H34ClNO5S/c1-4-7-14-26(5-2)18-28(20-11-9-8-10-12-20)22-16-21(27)23(17-24(22)34(30,31)19-26)33-15-13-25(29)32-6-3/h8-12,16-17H,4-7,13-15,18-19H2,1-3H3. The molecule has 1 atom stereocenters. The lowest BCUT2D eigenvalue weighted by molar-refractivity contribution is -0.143. The Hall–Kier alpha value is -2.25. The molecule has 1 unspecified atom stereocenters. The molecule has 6 nitrogen and oxygen atoms in total. The maximum absolute atomic E-state index is 13.7. The summed E-state index contributed by atoms with van der Waals surface area (Å²) in [6.07, 6.45) is 3.60. The normalized spacial score (nSPS) is 19.2. The number of hydrogen-bond acceptors (Lipinski definition) is 6. The summed E-state index contributed by atoms with van der Waals surface area (Å²) < 4.78 is 38.1. The van der Waals surface area contributed by atoms with Crippen LogP contribution in [0.25, 0.3) is 0 Å². The number of benzene rings is 2. The molecule has 0 aromatic heterocycles. The number of anilines is 2. The third-order valence-corrected chi connectivity index (χ3v) is 8.66. The summed E-state index contributed by atoms with van der Waals surface area (Å²) in [5.74, 6) is -0.0599. The van der Waals surface area contributed by atoms with Gasteiger partial charge in [0.05, 0.1) is 41.0 Å². The molecule has 0 saturated carbocycles. The first-order valence-corrected chi connectivity index (χ1v) is 14.0. The second kappa shape index (κ2) is 11.5. The maximum atomic E-state index is 13.7. The van der Waals surface area contributed by atoms with Gasteiger partial charge in [-0.15, -0.1) is 0 Å². The van der Waals surface area contributed by atoms with Crippen LogP contribution in [0, 0.1) is 5.41 Å². The van der Waals surface area contributed by atoms with Crippen LogP contribution in [0.3, 0.4) is 0 Å². The van der Waals surface area contributed by atoms with Crippen molar-refractivity contribution >= 4 is 38.8 Å². The van der Waals surface area contributed by atoms with Crippen LogP contribution in [-0.4, -0.2) is 39.9 Å². The first-order valence-electron chi connectivity index (χ1n) is 11.9. The first-order chi connectivity index (χ1) is 16.2. The smallest absolute Gasteiger partial charge is 0.309 e. The molecule has 0 amide bonds. The topological polar surface area (TPSA) is 72.9 Å². The Labute approximate surface area is 208 Å². The summed E-state index contributed by atoms with van der Waals surface area (Å²) in [5, 5.41) is 0.302. The number of esters is 1. The highest BCUT2D eigenvalue weighted by molar-refractivity contribution is 7.91. The van der Waals surface area contributed by atoms with E-state index in [1.807, 2.05) is 30.3 Å². The molecule has 1 aliphatic heterocycles. The molecule has 0 spiro atoms. The van der Waals surface area contributed by atoms with Crippen molar-refractivity contribution in [1.29, 1.82) is 0 Å². The molecule has 34 heavy (non-hydrogen) atoms. The van der Waals surface area contributed by atoms with Crippen LogP contribution in [-0.2, 0) is 19.4 Å². The molecule has 0 aliphatic carbocycles. The third kappa shape index (κ3) is 6.05. The molecule has 8 heteroatoms. The van der Waals surface area contributed by atoms with E-state index in [1.54, 1.807) is 13.0 Å². The van der Waals surface area contributed by atoms with Gasteiger partial charge >= 0.3 is 5.97 Å². The number of fused-ring (bicyclic) bond motifs is 1. The fourth-order valence-electron chi connectivity index (χ4n) is 4.45. The molecule has 0 fully saturated rings. The van der Waals surface area contributed by atoms with Crippen LogP contribution < -0.4 is 9.64 Å². The van der Waals surface area contributed by atoms with Gasteiger partial charge < -0.3 is 14.4 Å². The lowest BCUT2D eigenvalue weighted by Crippen LogP contribution is -2.37. The van der Waals surface area contributed by atoms with Gasteiger partial charge in [0.15, 0.2) is 9.84 Å². The highest BCUT2D eigenvalue weighted by Gasteiger charge is 2.41. The Morgan fingerprint density at radius 3 is 2.53 bits per heavy atom. The average Bonchev–Trinajstić information content (AvgIpc) is 2.91. The van der Waals surface area contributed by atoms with Crippen LogP contribution in [0.15, 0.2) is 47.4 Å². The zero-order chi connectivity index (χ0) is 24.8. The summed E-state index contributed by atoms with van der Waals surface area (Å²) in [4.78, 5) is 13.9. The van der Waals surface area contributed by atoms with Gasteiger partial charge in [-0.1, -0.05) is 56.5 Å². The van der Waals surface area contributed by atoms with Crippen LogP contribution >= 0.6 is 11.6 Å². The van der Waals surface area contributed by atoms with Crippen molar-refractivity contribution in [2.45, 2.75) is 57.8 Å². The molecule has 0 radical (unpaired) electrons. The van der Waals surface area contributed by atoms with Crippen LogP contribution in [0.2, 0.25) is 5.02 Å². The molecule has 0 N–H and O–H groups in total. The van der Waals surface area contributed by atoms with E-state index in [2.05, 4.69) is 18.7 Å². The summed E-state index contributed by atoms with van der Waals surface area (Å²) in [6.45, 7) is 6.86. The second-order valence-electron chi connectivity index (χ2n) is 8.79. The number of ether oxygens (including phenoxy) is 2. The fourth-order valence-corrected chi connectivity index (χ4v) is 6.84. The van der Waals surface area contributed by atoms with E-state index >= 15 is 0 Å². The van der Waals surface area contributed by atoms with Crippen LogP contribution in [0.5, 0.6) is 5.75 Å². The predicted molar refractivity (Wildman–Crippen MR) is 136 cm³/mol. The SMILES string of the molecule is CCCCC1(CC)CN(c2ccccc2)c2cc(Cl)c(OCCC(=O)OCC)cc2S(=O)(=O)C1. The van der Waals surface area contributed by atoms with E-state index in [9.17, 15) is 13.2 Å². The molecule has 2 aromatic carbocycles. The van der Waals surface area contributed by atoms with Crippen molar-refractivity contribution in [3.63, 3.8) is 0 Å². The number of nitrogens with zero attached hydrogens (tertiary/aromatic N) is 1. The lowest BCUT2D eigenvalue weighted by Gasteiger charge is -2.36. The molecule has 2 aromatic rings. The molecule has 0 saturated heterocycles. The van der Waals surface area contributed by atoms with Gasteiger partial charge in [-0.2, -0.15) is 0 Å². The van der Waals surface area contributed by atoms with E-state index in [1.165, 1.54) is 6.07 Å². The predicted octanol–water partition coefficient (Wildman–Crippen LogP) is 6.18. The number of para-hydroxylation sites is 1. The Bertz CT molecular complexity index is 1090. The third-order valence-electron chi connectivity index (χ3n) is 6.38. The Morgan fingerprint density at radius 1 is 1.15 bits per heavy atom. The average molecular weight is 508 g/mol. The van der Waals surface area contributed by atoms with Gasteiger partial charge in [0, 0.05) is 23.7 Å². The number of carbonyl (C=O) groups is 1. The second-order valence-corrected chi connectivity index (χ2v) is 11.2. The van der Waals surface area contributed by atoms with Gasteiger partial charge in [-0.3, -0.25) is 4.79 Å². The Kier molecular flexibility index (Phi) is 8.88. The highest BCUT2D eigenvalue weighted by atomic mass is 35.5. The van der Waals surface area contributed by atoms with E-state index in [-0.39, 0.29) is 40.8 Å². The Balaban J connectivity index is 2.06. The molecule has 1 aliphatic rings. The minimum absolute atomic E-state index is 0.0508. The summed E-state index contributed by atoms with van der Waals surface area (Å²) in [6, 6.07) is 13.0. The van der Waals surface area contributed by atoms with E-state index < -0.39 is 9.84 Å². The molecule has 186 valence electrons. The number of halogens is 1. The maximum Gasteiger partial charge on any atom is 0.309 e. The van der Waals surface area contributed by atoms with Gasteiger partial charge in [-0.05, 0) is 38.0 Å². The van der Waals surface area contributed by atoms with Gasteiger partial charge in [0.25, 0.3) is 0 Å². The number of hydrogen-bond donors (Lipinski definition) is 0. The Morgan fingerprint density at radius 2 is 1.88 bits per heavy atom. The highest BCUT2D eigenvalue weighted by Crippen LogP contribution is 2.46. The lowest BCUT2D eigenvalue weighted by atomic mass is 9.81. The summed E-state index contributed by atoms with van der Waals surface area (Å²) >= 11 is 6.56. The molecular formula is C26H34ClNO5S. The largest absolute Gasteiger partial charge is 0.491 e. The van der Waals surface area contributed by atoms with Gasteiger partial charge in [0.1, 0.15) is 5.75 Å². The van der Waals surface area contributed by atoms with Crippen LogP contribution in [0.4, 0.5) is 11.4 Å². The summed E-state index contributed by atoms with van der Waals surface area (Å²) in [7, 11) is -3.63. The van der Waals surface area contributed by atoms with Crippen molar-refractivity contribution in [2.75, 3.05) is 30.4 Å². The number of sulfone groups is 1. The van der Waals surface area contributed by atoms with E-state index in [0.717, 1.165) is 31.4 Å².